The van der Waals surface area contributed by atoms with Crippen LogP contribution in [0.4, 0.5) is 4.39 Å². The van der Waals surface area contributed by atoms with E-state index in [1.54, 1.807) is 18.4 Å². The van der Waals surface area contributed by atoms with Crippen LogP contribution in [0.3, 0.4) is 0 Å². The van der Waals surface area contributed by atoms with Crippen LogP contribution in [0.1, 0.15) is 29.9 Å². The van der Waals surface area contributed by atoms with Crippen LogP contribution in [0, 0.1) is 5.82 Å². The van der Waals surface area contributed by atoms with E-state index in [0.29, 0.717) is 13.0 Å². The fourth-order valence-corrected chi connectivity index (χ4v) is 3.95. The van der Waals surface area contributed by atoms with Gasteiger partial charge < -0.3 is 14.3 Å². The zero-order valence-corrected chi connectivity index (χ0v) is 18.3. The summed E-state index contributed by atoms with van der Waals surface area (Å²) in [5, 5.41) is 11.6. The minimum Gasteiger partial charge on any atom is -0.465 e. The molecule has 0 aliphatic carbocycles. The van der Waals surface area contributed by atoms with Gasteiger partial charge in [0.05, 0.1) is 12.7 Å². The van der Waals surface area contributed by atoms with Crippen LogP contribution in [-0.4, -0.2) is 51.8 Å². The first-order chi connectivity index (χ1) is 15.6. The van der Waals surface area contributed by atoms with E-state index in [1.165, 1.54) is 17.7 Å². The molecule has 1 N–H and O–H groups in total. The molecule has 0 atom stereocenters. The Morgan fingerprint density at radius 3 is 2.81 bits per heavy atom. The first kappa shape index (κ1) is 22.0. The lowest BCUT2D eigenvalue weighted by atomic mass is 10.1. The zero-order valence-electron chi connectivity index (χ0n) is 18.3. The molecule has 2 aromatic heterocycles. The average molecular weight is 438 g/mol. The smallest absolute Gasteiger partial charge is 0.224 e. The topological polar surface area (TPSA) is 76.2 Å². The lowest BCUT2D eigenvalue weighted by Crippen LogP contribution is -2.29. The van der Waals surface area contributed by atoms with Gasteiger partial charge in [-0.1, -0.05) is 17.7 Å². The zero-order chi connectivity index (χ0) is 22.3. The first-order valence-corrected chi connectivity index (χ1v) is 10.9. The Labute approximate surface area is 186 Å². The summed E-state index contributed by atoms with van der Waals surface area (Å²) in [6.07, 6.45) is 5.46. The van der Waals surface area contributed by atoms with Crippen LogP contribution in [0.25, 0.3) is 6.08 Å². The molecule has 0 spiro atoms. The fraction of sp³-hybridized carbons (Fsp3) is 0.375. The summed E-state index contributed by atoms with van der Waals surface area (Å²) in [4.78, 5) is 14.6. The van der Waals surface area contributed by atoms with Gasteiger partial charge >= 0.3 is 0 Å². The van der Waals surface area contributed by atoms with Crippen molar-refractivity contribution in [1.29, 1.82) is 0 Å². The van der Waals surface area contributed by atoms with Crippen molar-refractivity contribution in [2.24, 2.45) is 0 Å². The molecule has 1 aromatic carbocycles. The molecule has 168 valence electrons. The Hall–Kier alpha value is -3.26. The molecule has 8 heteroatoms. The Balaban J connectivity index is 1.26. The number of amides is 1. The summed E-state index contributed by atoms with van der Waals surface area (Å²) in [6.45, 7) is 6.16. The molecule has 4 rings (SSSR count). The van der Waals surface area contributed by atoms with Gasteiger partial charge in [0.25, 0.3) is 0 Å². The van der Waals surface area contributed by atoms with Gasteiger partial charge in [0, 0.05) is 45.6 Å². The molecule has 0 fully saturated rings. The van der Waals surface area contributed by atoms with Crippen LogP contribution >= 0.6 is 0 Å². The third-order valence-corrected chi connectivity index (χ3v) is 5.55. The van der Waals surface area contributed by atoms with Crippen molar-refractivity contribution < 1.29 is 13.6 Å². The Morgan fingerprint density at radius 2 is 2.03 bits per heavy atom. The summed E-state index contributed by atoms with van der Waals surface area (Å²) in [5.74, 6) is 2.37. The fourth-order valence-electron chi connectivity index (χ4n) is 3.95. The predicted octanol–water partition coefficient (Wildman–Crippen LogP) is 2.87. The maximum Gasteiger partial charge on any atom is 0.224 e. The lowest BCUT2D eigenvalue weighted by Gasteiger charge is -2.19. The maximum absolute atomic E-state index is 13.0. The quantitative estimate of drug-likeness (QED) is 0.587. The summed E-state index contributed by atoms with van der Waals surface area (Å²) in [7, 11) is 0. The van der Waals surface area contributed by atoms with Crippen molar-refractivity contribution in [3.05, 3.63) is 77.0 Å². The standard InChI is InChI=1S/C24H28FN5O2/c1-18(15-21-3-2-14-32-21)17-29-11-9-23-28-27-22(30(23)13-12-29)8-10-26-24(31)16-19-4-6-20(25)7-5-19/h2-7,14-15H,8-13,16-17H2,1H3,(H,26,31). The molecule has 0 unspecified atom stereocenters. The van der Waals surface area contributed by atoms with Crippen molar-refractivity contribution in [3.63, 3.8) is 0 Å². The maximum atomic E-state index is 13.0. The number of carbonyl (C=O) groups is 1. The number of rotatable bonds is 8. The summed E-state index contributed by atoms with van der Waals surface area (Å²) in [5.41, 5.74) is 2.04. The van der Waals surface area contributed by atoms with Crippen LogP contribution in [0.2, 0.25) is 0 Å². The van der Waals surface area contributed by atoms with E-state index in [9.17, 15) is 9.18 Å². The molecule has 0 saturated carbocycles. The number of hydrogen-bond acceptors (Lipinski definition) is 5. The van der Waals surface area contributed by atoms with Crippen LogP contribution in [0.5, 0.6) is 0 Å². The molecule has 3 heterocycles. The van der Waals surface area contributed by atoms with Gasteiger partial charge in [-0.15, -0.1) is 10.2 Å². The van der Waals surface area contributed by atoms with Crippen LogP contribution in [0.15, 0.2) is 52.7 Å². The molecule has 1 amide bonds. The first-order valence-electron chi connectivity index (χ1n) is 10.9. The van der Waals surface area contributed by atoms with Gasteiger partial charge in [-0.25, -0.2) is 4.39 Å². The van der Waals surface area contributed by atoms with Crippen LogP contribution < -0.4 is 5.32 Å². The molecule has 3 aromatic rings. The van der Waals surface area contributed by atoms with Crippen molar-refractivity contribution in [2.45, 2.75) is 32.7 Å². The highest BCUT2D eigenvalue weighted by Gasteiger charge is 2.19. The van der Waals surface area contributed by atoms with Gasteiger partial charge in [-0.05, 0) is 42.8 Å². The number of fused-ring (bicyclic) bond motifs is 1. The van der Waals surface area contributed by atoms with Gasteiger partial charge in [0.15, 0.2) is 0 Å². The molecular formula is C24H28FN5O2. The van der Waals surface area contributed by atoms with Gasteiger partial charge in [0.1, 0.15) is 23.2 Å². The van der Waals surface area contributed by atoms with E-state index < -0.39 is 0 Å². The van der Waals surface area contributed by atoms with Crippen LogP contribution in [-0.2, 0) is 30.6 Å². The molecule has 1 aliphatic rings. The van der Waals surface area contributed by atoms with E-state index >= 15 is 0 Å². The molecule has 0 radical (unpaired) electrons. The Kier molecular flexibility index (Phi) is 7.11. The molecule has 7 nitrogen and oxygen atoms in total. The van der Waals surface area contributed by atoms with E-state index in [4.69, 9.17) is 4.42 Å². The minimum atomic E-state index is -0.302. The number of hydrogen-bond donors (Lipinski definition) is 1. The minimum absolute atomic E-state index is 0.0859. The number of nitrogens with zero attached hydrogens (tertiary/aromatic N) is 4. The second kappa shape index (κ2) is 10.4. The number of carbonyl (C=O) groups excluding carboxylic acids is 1. The molecule has 0 bridgehead atoms. The molecule has 0 saturated heterocycles. The van der Waals surface area contributed by atoms with Gasteiger partial charge in [0.2, 0.25) is 5.91 Å². The molecular weight excluding hydrogens is 409 g/mol. The second-order valence-corrected chi connectivity index (χ2v) is 8.12. The number of nitrogens with one attached hydrogen (secondary N) is 1. The summed E-state index contributed by atoms with van der Waals surface area (Å²) < 4.78 is 20.6. The average Bonchev–Trinajstić information content (AvgIpc) is 3.37. The number of furan rings is 1. The van der Waals surface area contributed by atoms with Crippen molar-refractivity contribution in [2.75, 3.05) is 26.2 Å². The monoisotopic (exact) mass is 437 g/mol. The largest absolute Gasteiger partial charge is 0.465 e. The van der Waals surface area contributed by atoms with Gasteiger partial charge in [-0.2, -0.15) is 0 Å². The van der Waals surface area contributed by atoms with Crippen molar-refractivity contribution in [1.82, 2.24) is 25.0 Å². The normalized spacial score (nSPS) is 14.8. The third kappa shape index (κ3) is 5.91. The SMILES string of the molecule is CC(=Cc1ccco1)CN1CCc2nnc(CCNC(=O)Cc3ccc(F)cc3)n2CC1. The number of halogens is 1. The Morgan fingerprint density at radius 1 is 1.19 bits per heavy atom. The predicted molar refractivity (Wildman–Crippen MR) is 119 cm³/mol. The van der Waals surface area contributed by atoms with E-state index in [2.05, 4.69) is 38.0 Å². The van der Waals surface area contributed by atoms with E-state index in [0.717, 1.165) is 55.6 Å². The summed E-state index contributed by atoms with van der Waals surface area (Å²) in [6, 6.07) is 9.84. The van der Waals surface area contributed by atoms with E-state index in [-0.39, 0.29) is 18.1 Å². The second-order valence-electron chi connectivity index (χ2n) is 8.12. The van der Waals surface area contributed by atoms with Crippen molar-refractivity contribution in [3.8, 4) is 0 Å². The highest BCUT2D eigenvalue weighted by molar-refractivity contribution is 5.78. The third-order valence-electron chi connectivity index (χ3n) is 5.55. The molecule has 32 heavy (non-hydrogen) atoms. The number of aromatic nitrogens is 3. The summed E-state index contributed by atoms with van der Waals surface area (Å²) >= 11 is 0. The Bertz CT molecular complexity index is 1060. The van der Waals surface area contributed by atoms with E-state index in [1.807, 2.05) is 12.1 Å². The van der Waals surface area contributed by atoms with Crippen molar-refractivity contribution >= 4 is 12.0 Å². The lowest BCUT2D eigenvalue weighted by molar-refractivity contribution is -0.120. The van der Waals surface area contributed by atoms with Gasteiger partial charge in [-0.3, -0.25) is 9.69 Å². The molecule has 1 aliphatic heterocycles. The highest BCUT2D eigenvalue weighted by Crippen LogP contribution is 2.13. The number of benzene rings is 1. The highest BCUT2D eigenvalue weighted by atomic mass is 19.1.